The van der Waals surface area contributed by atoms with Crippen LogP contribution in [-0.4, -0.2) is 11.4 Å². The molecular weight excluding hydrogens is 289 g/mol. The molecule has 16 heavy (non-hydrogen) atoms. The van der Waals surface area contributed by atoms with E-state index in [1.54, 1.807) is 0 Å². The number of hydrogen-bond acceptors (Lipinski definition) is 1. The van der Waals surface area contributed by atoms with Crippen LogP contribution in [0.15, 0.2) is 22.7 Å². The third-order valence-corrected chi connectivity index (χ3v) is 4.16. The number of hydrogen-bond donors (Lipinski definition) is 1. The van der Waals surface area contributed by atoms with E-state index in [-0.39, 0.29) is 11.4 Å². The molecule has 1 amide bonds. The van der Waals surface area contributed by atoms with Crippen molar-refractivity contribution in [2.24, 2.45) is 0 Å². The summed E-state index contributed by atoms with van der Waals surface area (Å²) in [5, 5.41) is 3.73. The van der Waals surface area contributed by atoms with Crippen LogP contribution in [0.2, 0.25) is 5.02 Å². The summed E-state index contributed by atoms with van der Waals surface area (Å²) < 4.78 is 0.901. The lowest BCUT2D eigenvalue weighted by Crippen LogP contribution is -2.40. The predicted molar refractivity (Wildman–Crippen MR) is 68.6 cm³/mol. The van der Waals surface area contributed by atoms with Crippen LogP contribution in [0, 0.1) is 0 Å². The number of amides is 1. The third kappa shape index (κ3) is 2.58. The van der Waals surface area contributed by atoms with Gasteiger partial charge in [-0.2, -0.15) is 0 Å². The van der Waals surface area contributed by atoms with Crippen molar-refractivity contribution in [3.8, 4) is 0 Å². The minimum absolute atomic E-state index is 0.117. The molecule has 0 radical (unpaired) electrons. The minimum atomic E-state index is -0.117. The molecule has 0 bridgehead atoms. The SMILES string of the molecule is CC1(Cc2ccc(Br)c(Cl)c2)CCC(=O)N1. The number of benzene rings is 1. The zero-order valence-corrected chi connectivity index (χ0v) is 11.4. The standard InChI is InChI=1S/C12H13BrClNO/c1-12(5-4-11(16)15-12)7-8-2-3-9(13)10(14)6-8/h2-3,6H,4-5,7H2,1H3,(H,15,16). The van der Waals surface area contributed by atoms with E-state index in [1.165, 1.54) is 0 Å². The molecule has 86 valence electrons. The monoisotopic (exact) mass is 301 g/mol. The van der Waals surface area contributed by atoms with Gasteiger partial charge in [-0.1, -0.05) is 17.7 Å². The summed E-state index contributed by atoms with van der Waals surface area (Å²) in [6.07, 6.45) is 2.34. The van der Waals surface area contributed by atoms with Gasteiger partial charge in [0.1, 0.15) is 0 Å². The summed E-state index contributed by atoms with van der Waals surface area (Å²) in [6, 6.07) is 5.92. The topological polar surface area (TPSA) is 29.1 Å². The molecule has 1 aromatic rings. The maximum absolute atomic E-state index is 11.2. The molecule has 1 heterocycles. The molecule has 0 aliphatic carbocycles. The van der Waals surface area contributed by atoms with Gasteiger partial charge in [0.15, 0.2) is 0 Å². The highest BCUT2D eigenvalue weighted by molar-refractivity contribution is 9.10. The molecule has 1 saturated heterocycles. The fourth-order valence-corrected chi connectivity index (χ4v) is 2.53. The number of halogens is 2. The van der Waals surface area contributed by atoms with E-state index >= 15 is 0 Å². The number of carbonyl (C=O) groups is 1. The molecular formula is C12H13BrClNO. The van der Waals surface area contributed by atoms with Gasteiger partial charge in [-0.25, -0.2) is 0 Å². The summed E-state index contributed by atoms with van der Waals surface area (Å²) in [6.45, 7) is 2.08. The Bertz CT molecular complexity index is 435. The van der Waals surface area contributed by atoms with Gasteiger partial charge >= 0.3 is 0 Å². The van der Waals surface area contributed by atoms with Crippen LogP contribution in [0.5, 0.6) is 0 Å². The van der Waals surface area contributed by atoms with Crippen LogP contribution >= 0.6 is 27.5 Å². The molecule has 1 aromatic carbocycles. The van der Waals surface area contributed by atoms with E-state index in [0.717, 1.165) is 22.9 Å². The Morgan fingerprint density at radius 2 is 2.31 bits per heavy atom. The molecule has 0 aromatic heterocycles. The Labute approximate surface area is 108 Å². The first-order valence-corrected chi connectivity index (χ1v) is 6.41. The average molecular weight is 303 g/mol. The van der Waals surface area contributed by atoms with Gasteiger partial charge in [0, 0.05) is 16.4 Å². The van der Waals surface area contributed by atoms with Gasteiger partial charge in [0.25, 0.3) is 0 Å². The highest BCUT2D eigenvalue weighted by Crippen LogP contribution is 2.28. The highest BCUT2D eigenvalue weighted by atomic mass is 79.9. The normalized spacial score (nSPS) is 24.6. The van der Waals surface area contributed by atoms with Gasteiger partial charge in [0.05, 0.1) is 5.02 Å². The summed E-state index contributed by atoms with van der Waals surface area (Å²) in [4.78, 5) is 11.2. The maximum Gasteiger partial charge on any atom is 0.220 e. The molecule has 1 fully saturated rings. The van der Waals surface area contributed by atoms with E-state index < -0.39 is 0 Å². The zero-order valence-electron chi connectivity index (χ0n) is 9.02. The fourth-order valence-electron chi connectivity index (χ4n) is 2.08. The lowest BCUT2D eigenvalue weighted by Gasteiger charge is -2.24. The largest absolute Gasteiger partial charge is 0.351 e. The fraction of sp³-hybridized carbons (Fsp3) is 0.417. The predicted octanol–water partition coefficient (Wildman–Crippen LogP) is 3.31. The minimum Gasteiger partial charge on any atom is -0.351 e. The van der Waals surface area contributed by atoms with Crippen molar-refractivity contribution in [1.82, 2.24) is 5.32 Å². The summed E-state index contributed by atoms with van der Waals surface area (Å²) >= 11 is 9.40. The van der Waals surface area contributed by atoms with Crippen molar-refractivity contribution < 1.29 is 4.79 Å². The maximum atomic E-state index is 11.2. The van der Waals surface area contributed by atoms with Gasteiger partial charge in [-0.15, -0.1) is 0 Å². The van der Waals surface area contributed by atoms with Crippen LogP contribution in [-0.2, 0) is 11.2 Å². The van der Waals surface area contributed by atoms with Crippen LogP contribution in [0.25, 0.3) is 0 Å². The number of nitrogens with one attached hydrogen (secondary N) is 1. The smallest absolute Gasteiger partial charge is 0.220 e. The molecule has 0 saturated carbocycles. The number of carbonyl (C=O) groups excluding carboxylic acids is 1. The summed E-state index contributed by atoms with van der Waals surface area (Å²) in [5.41, 5.74) is 1.03. The van der Waals surface area contributed by atoms with Crippen molar-refractivity contribution in [2.75, 3.05) is 0 Å². The van der Waals surface area contributed by atoms with Crippen molar-refractivity contribution in [2.45, 2.75) is 31.7 Å². The molecule has 4 heteroatoms. The van der Waals surface area contributed by atoms with Crippen LogP contribution in [0.1, 0.15) is 25.3 Å². The van der Waals surface area contributed by atoms with Gasteiger partial charge in [-0.05, 0) is 53.4 Å². The lowest BCUT2D eigenvalue weighted by atomic mass is 9.91. The third-order valence-electron chi connectivity index (χ3n) is 2.92. The molecule has 2 rings (SSSR count). The second-order valence-electron chi connectivity index (χ2n) is 4.53. The highest BCUT2D eigenvalue weighted by Gasteiger charge is 2.32. The lowest BCUT2D eigenvalue weighted by molar-refractivity contribution is -0.119. The molecule has 1 N–H and O–H groups in total. The molecule has 1 aliphatic heterocycles. The quantitative estimate of drug-likeness (QED) is 0.892. The molecule has 1 atom stereocenters. The Morgan fingerprint density at radius 3 is 2.88 bits per heavy atom. The molecule has 2 nitrogen and oxygen atoms in total. The van der Waals surface area contributed by atoms with E-state index in [9.17, 15) is 4.79 Å². The number of rotatable bonds is 2. The van der Waals surface area contributed by atoms with Crippen LogP contribution < -0.4 is 5.32 Å². The first-order valence-electron chi connectivity index (χ1n) is 5.23. The van der Waals surface area contributed by atoms with Crippen LogP contribution in [0.3, 0.4) is 0 Å². The van der Waals surface area contributed by atoms with E-state index in [0.29, 0.717) is 11.4 Å². The van der Waals surface area contributed by atoms with Crippen molar-refractivity contribution >= 4 is 33.4 Å². The van der Waals surface area contributed by atoms with Gasteiger partial charge < -0.3 is 5.32 Å². The molecule has 1 aliphatic rings. The Balaban J connectivity index is 2.14. The van der Waals surface area contributed by atoms with Gasteiger partial charge in [-0.3, -0.25) is 4.79 Å². The Morgan fingerprint density at radius 1 is 1.56 bits per heavy atom. The van der Waals surface area contributed by atoms with E-state index in [4.69, 9.17) is 11.6 Å². The van der Waals surface area contributed by atoms with Gasteiger partial charge in [0.2, 0.25) is 5.91 Å². The van der Waals surface area contributed by atoms with Crippen molar-refractivity contribution in [1.29, 1.82) is 0 Å². The first-order chi connectivity index (χ1) is 7.48. The first kappa shape index (κ1) is 11.9. The van der Waals surface area contributed by atoms with E-state index in [2.05, 4.69) is 28.2 Å². The zero-order chi connectivity index (χ0) is 11.8. The van der Waals surface area contributed by atoms with E-state index in [1.807, 2.05) is 18.2 Å². The van der Waals surface area contributed by atoms with Crippen molar-refractivity contribution in [3.63, 3.8) is 0 Å². The average Bonchev–Trinajstić information content (AvgIpc) is 2.52. The van der Waals surface area contributed by atoms with Crippen molar-refractivity contribution in [3.05, 3.63) is 33.3 Å². The summed E-state index contributed by atoms with van der Waals surface area (Å²) in [5.74, 6) is 0.144. The Kier molecular flexibility index (Phi) is 3.27. The van der Waals surface area contributed by atoms with Crippen LogP contribution in [0.4, 0.5) is 0 Å². The second-order valence-corrected chi connectivity index (χ2v) is 5.80. The second kappa shape index (κ2) is 4.38. The summed E-state index contributed by atoms with van der Waals surface area (Å²) in [7, 11) is 0. The Hall–Kier alpha value is -0.540. The molecule has 0 spiro atoms. The molecule has 1 unspecified atom stereocenters.